The molecule has 0 unspecified atom stereocenters. The maximum Gasteiger partial charge on any atom is 0.251 e. The molecule has 0 bridgehead atoms. The van der Waals surface area contributed by atoms with Crippen molar-refractivity contribution >= 4 is 10.1 Å². The van der Waals surface area contributed by atoms with Crippen LogP contribution in [0, 0.1) is 6.92 Å². The second-order valence-electron chi connectivity index (χ2n) is 3.85. The van der Waals surface area contributed by atoms with Crippen LogP contribution in [0.5, 0.6) is 0 Å². The van der Waals surface area contributed by atoms with Crippen molar-refractivity contribution in [2.75, 3.05) is 5.75 Å². The van der Waals surface area contributed by atoms with Gasteiger partial charge >= 0.3 is 0 Å². The van der Waals surface area contributed by atoms with Gasteiger partial charge in [0.2, 0.25) is 0 Å². The van der Waals surface area contributed by atoms with Gasteiger partial charge in [0, 0.05) is 12.7 Å². The molecular weight excluding hydrogens is 240 g/mol. The van der Waals surface area contributed by atoms with E-state index >= 15 is 0 Å². The molecule has 0 aliphatic carbocycles. The van der Waals surface area contributed by atoms with E-state index in [0.29, 0.717) is 6.42 Å². The Kier molecular flexibility index (Phi) is 7.82. The van der Waals surface area contributed by atoms with E-state index in [9.17, 15) is 13.0 Å². The van der Waals surface area contributed by atoms with Crippen molar-refractivity contribution in [3.8, 4) is 0 Å². The fourth-order valence-electron chi connectivity index (χ4n) is 1.26. The van der Waals surface area contributed by atoms with E-state index in [4.69, 9.17) is 0 Å². The zero-order chi connectivity index (χ0) is 13.3. The summed E-state index contributed by atoms with van der Waals surface area (Å²) < 4.78 is 31.3. The lowest BCUT2D eigenvalue weighted by atomic mass is 10.3. The van der Waals surface area contributed by atoms with Crippen LogP contribution in [0.1, 0.15) is 38.9 Å². The summed E-state index contributed by atoms with van der Waals surface area (Å²) >= 11 is 0. The summed E-state index contributed by atoms with van der Waals surface area (Å²) in [6.45, 7) is 7.10. The van der Waals surface area contributed by atoms with E-state index in [1.165, 1.54) is 18.7 Å². The highest BCUT2D eigenvalue weighted by Gasteiger charge is 2.01. The molecule has 0 aliphatic rings. The van der Waals surface area contributed by atoms with Crippen LogP contribution >= 0.6 is 0 Å². The summed E-state index contributed by atoms with van der Waals surface area (Å²) in [7, 11) is -3.92. The molecule has 1 aromatic heterocycles. The van der Waals surface area contributed by atoms with E-state index in [0.717, 1.165) is 6.54 Å². The van der Waals surface area contributed by atoms with Gasteiger partial charge in [-0.25, -0.2) is 18.0 Å². The predicted octanol–water partition coefficient (Wildman–Crippen LogP) is 1.35. The maximum atomic E-state index is 9.68. The Morgan fingerprint density at radius 3 is 2.29 bits per heavy atom. The van der Waals surface area contributed by atoms with Crippen molar-refractivity contribution in [1.82, 2.24) is 4.98 Å². The van der Waals surface area contributed by atoms with Gasteiger partial charge in [0.15, 0.2) is 0 Å². The van der Waals surface area contributed by atoms with Crippen molar-refractivity contribution in [2.24, 2.45) is 0 Å². The Balaban J connectivity index is 0.000000325. The fraction of sp³-hybridized carbons (Fsp3) is 0.727. The second-order valence-corrected chi connectivity index (χ2v) is 5.38. The van der Waals surface area contributed by atoms with Gasteiger partial charge < -0.3 is 4.55 Å². The topological polar surface area (TPSA) is 76.9 Å². The van der Waals surface area contributed by atoms with Gasteiger partial charge in [-0.15, -0.1) is 0 Å². The molecule has 17 heavy (non-hydrogen) atoms. The van der Waals surface area contributed by atoms with Crippen LogP contribution in [0.4, 0.5) is 0 Å². The highest BCUT2D eigenvalue weighted by atomic mass is 32.2. The van der Waals surface area contributed by atoms with E-state index in [1.807, 2.05) is 6.20 Å². The van der Waals surface area contributed by atoms with Gasteiger partial charge in [-0.05, 0) is 12.8 Å². The summed E-state index contributed by atoms with van der Waals surface area (Å²) in [4.78, 5) is 3.14. The minimum Gasteiger partial charge on any atom is -0.748 e. The van der Waals surface area contributed by atoms with E-state index < -0.39 is 10.1 Å². The first-order valence-electron chi connectivity index (χ1n) is 5.87. The van der Waals surface area contributed by atoms with Crippen molar-refractivity contribution in [1.29, 1.82) is 0 Å². The van der Waals surface area contributed by atoms with Crippen molar-refractivity contribution < 1.29 is 17.5 Å². The molecule has 0 atom stereocenters. The van der Waals surface area contributed by atoms with Gasteiger partial charge in [0.25, 0.3) is 5.82 Å². The van der Waals surface area contributed by atoms with Crippen LogP contribution in [-0.2, 0) is 16.7 Å². The van der Waals surface area contributed by atoms with E-state index in [2.05, 4.69) is 29.6 Å². The molecule has 1 heterocycles. The number of aromatic amines is 1. The molecule has 0 amide bonds. The number of aryl methyl sites for hydroxylation is 2. The van der Waals surface area contributed by atoms with Gasteiger partial charge in [0.05, 0.1) is 16.7 Å². The lowest BCUT2D eigenvalue weighted by molar-refractivity contribution is -0.701. The van der Waals surface area contributed by atoms with E-state index in [1.54, 1.807) is 6.92 Å². The molecule has 100 valence electrons. The normalized spacial score (nSPS) is 10.8. The molecule has 0 aliphatic heterocycles. The van der Waals surface area contributed by atoms with Crippen molar-refractivity contribution in [2.45, 2.75) is 46.6 Å². The molecular formula is C11H22N2O3S. The highest BCUT2D eigenvalue weighted by Crippen LogP contribution is 1.88. The first-order valence-corrected chi connectivity index (χ1v) is 7.45. The number of rotatable bonds is 5. The Labute approximate surface area is 104 Å². The first-order chi connectivity index (χ1) is 7.90. The zero-order valence-corrected chi connectivity index (χ0v) is 11.6. The number of imidazole rings is 1. The molecule has 0 saturated carbocycles. The van der Waals surface area contributed by atoms with Crippen LogP contribution < -0.4 is 4.57 Å². The molecule has 0 aromatic carbocycles. The molecule has 0 fully saturated rings. The molecule has 1 aromatic rings. The number of nitrogens with one attached hydrogen (secondary N) is 1. The largest absolute Gasteiger partial charge is 0.748 e. The van der Waals surface area contributed by atoms with Gasteiger partial charge in [0.1, 0.15) is 12.4 Å². The number of H-pyrrole nitrogens is 1. The number of unbranched alkanes of at least 4 members (excludes halogenated alkanes) is 1. The Morgan fingerprint density at radius 2 is 2.00 bits per heavy atom. The SMILES string of the molecule is CCCC[n+]1cc[nH]c1C.CCCS(=O)(=O)[O-]. The second kappa shape index (κ2) is 8.25. The average Bonchev–Trinajstić information content (AvgIpc) is 2.60. The molecule has 1 rings (SSSR count). The van der Waals surface area contributed by atoms with Crippen molar-refractivity contribution in [3.05, 3.63) is 18.2 Å². The maximum absolute atomic E-state index is 9.68. The van der Waals surface area contributed by atoms with Crippen LogP contribution in [0.15, 0.2) is 12.4 Å². The summed E-state index contributed by atoms with van der Waals surface area (Å²) in [5, 5.41) is 0. The van der Waals surface area contributed by atoms with Crippen LogP contribution in [0.3, 0.4) is 0 Å². The van der Waals surface area contributed by atoms with Crippen LogP contribution in [0.25, 0.3) is 0 Å². The van der Waals surface area contributed by atoms with Gasteiger partial charge in [-0.2, -0.15) is 0 Å². The molecule has 0 spiro atoms. The quantitative estimate of drug-likeness (QED) is 0.643. The molecule has 5 nitrogen and oxygen atoms in total. The summed E-state index contributed by atoms with van der Waals surface area (Å²) in [6.07, 6.45) is 7.00. The first kappa shape index (κ1) is 16.1. The molecule has 6 heteroatoms. The van der Waals surface area contributed by atoms with Gasteiger partial charge in [-0.3, -0.25) is 0 Å². The lowest BCUT2D eigenvalue weighted by Gasteiger charge is -2.00. The number of aromatic nitrogens is 2. The minimum absolute atomic E-state index is 0.243. The Hall–Kier alpha value is -0.880. The van der Waals surface area contributed by atoms with E-state index in [-0.39, 0.29) is 5.75 Å². The number of hydrogen-bond donors (Lipinski definition) is 1. The fourth-order valence-corrected chi connectivity index (χ4v) is 1.76. The summed E-state index contributed by atoms with van der Waals surface area (Å²) in [6, 6.07) is 0. The molecule has 1 N–H and O–H groups in total. The summed E-state index contributed by atoms with van der Waals surface area (Å²) in [5.41, 5.74) is 0. The third-order valence-electron chi connectivity index (χ3n) is 2.18. The Morgan fingerprint density at radius 1 is 1.35 bits per heavy atom. The van der Waals surface area contributed by atoms with Crippen LogP contribution in [-0.4, -0.2) is 23.7 Å². The predicted molar refractivity (Wildman–Crippen MR) is 65.5 cm³/mol. The average molecular weight is 262 g/mol. The third kappa shape index (κ3) is 8.88. The van der Waals surface area contributed by atoms with Gasteiger partial charge in [-0.1, -0.05) is 20.3 Å². The molecule has 0 radical (unpaired) electrons. The highest BCUT2D eigenvalue weighted by molar-refractivity contribution is 7.85. The number of nitrogens with zero attached hydrogens (tertiary/aromatic N) is 1. The zero-order valence-electron chi connectivity index (χ0n) is 10.8. The standard InChI is InChI=1S/C8H14N2.C3H8O3S/c1-3-4-6-10-7-5-9-8(10)2;1-2-3-7(4,5)6/h5,7H,3-4,6H2,1-2H3;2-3H2,1H3,(H,4,5,6). The minimum atomic E-state index is -3.92. The smallest absolute Gasteiger partial charge is 0.251 e. The Bertz CT molecular complexity index is 399. The monoisotopic (exact) mass is 262 g/mol. The van der Waals surface area contributed by atoms with Crippen LogP contribution in [0.2, 0.25) is 0 Å². The van der Waals surface area contributed by atoms with Crippen molar-refractivity contribution in [3.63, 3.8) is 0 Å². The summed E-state index contributed by atoms with van der Waals surface area (Å²) in [5.74, 6) is 1.00. The lowest BCUT2D eigenvalue weighted by Crippen LogP contribution is -2.34. The number of hydrogen-bond acceptors (Lipinski definition) is 3. The molecule has 0 saturated heterocycles. The third-order valence-corrected chi connectivity index (χ3v) is 3.09.